The van der Waals surface area contributed by atoms with Crippen molar-refractivity contribution in [3.8, 4) is 0 Å². The lowest BCUT2D eigenvalue weighted by Gasteiger charge is -2.36. The van der Waals surface area contributed by atoms with Gasteiger partial charge in [-0.1, -0.05) is 18.2 Å². The molecular weight excluding hydrogens is 260 g/mol. The summed E-state index contributed by atoms with van der Waals surface area (Å²) in [5, 5.41) is 1.05. The van der Waals surface area contributed by atoms with Crippen molar-refractivity contribution in [3.05, 3.63) is 36.0 Å². The van der Waals surface area contributed by atoms with Crippen molar-refractivity contribution in [1.29, 1.82) is 0 Å². The van der Waals surface area contributed by atoms with Gasteiger partial charge in [-0.3, -0.25) is 14.8 Å². The number of rotatable bonds is 3. The molecule has 1 aliphatic rings. The summed E-state index contributed by atoms with van der Waals surface area (Å²) in [5.41, 5.74) is 9.05. The molecular formula is C17H24N4. The molecule has 21 heavy (non-hydrogen) atoms. The average molecular weight is 284 g/mol. The summed E-state index contributed by atoms with van der Waals surface area (Å²) in [7, 11) is 0. The largest absolute Gasteiger partial charge is 0.398 e. The molecule has 1 fully saturated rings. The van der Waals surface area contributed by atoms with Gasteiger partial charge in [0.1, 0.15) is 0 Å². The third kappa shape index (κ3) is 3.17. The number of hydrogen-bond donors (Lipinski definition) is 1. The van der Waals surface area contributed by atoms with Crippen LogP contribution in [0.25, 0.3) is 10.9 Å². The maximum atomic E-state index is 6.16. The predicted octanol–water partition coefficient (Wildman–Crippen LogP) is 2.34. The Morgan fingerprint density at radius 2 is 1.86 bits per heavy atom. The third-order valence-electron chi connectivity index (χ3n) is 4.32. The Kier molecular flexibility index (Phi) is 4.08. The minimum Gasteiger partial charge on any atom is -0.398 e. The summed E-state index contributed by atoms with van der Waals surface area (Å²) in [4.78, 5) is 9.74. The Hall–Kier alpha value is -1.65. The quantitative estimate of drug-likeness (QED) is 0.939. The molecule has 1 aliphatic heterocycles. The molecule has 4 nitrogen and oxygen atoms in total. The summed E-state index contributed by atoms with van der Waals surface area (Å²) in [6.07, 6.45) is 0. The van der Waals surface area contributed by atoms with Gasteiger partial charge < -0.3 is 5.73 Å². The van der Waals surface area contributed by atoms with Crippen LogP contribution >= 0.6 is 0 Å². The van der Waals surface area contributed by atoms with Gasteiger partial charge in [0, 0.05) is 49.8 Å². The zero-order valence-corrected chi connectivity index (χ0v) is 12.9. The Balaban J connectivity index is 1.71. The molecule has 4 heteroatoms. The monoisotopic (exact) mass is 284 g/mol. The smallest absolute Gasteiger partial charge is 0.0726 e. The molecule has 2 heterocycles. The molecule has 112 valence electrons. The number of nitrogen functional groups attached to an aromatic ring is 1. The van der Waals surface area contributed by atoms with Crippen LogP contribution < -0.4 is 5.73 Å². The SMILES string of the molecule is CC(C)N1CCN(Cc2cc(N)c3ccccc3n2)CC1. The molecule has 0 atom stereocenters. The predicted molar refractivity (Wildman–Crippen MR) is 88.1 cm³/mol. The van der Waals surface area contributed by atoms with Gasteiger partial charge in [0.25, 0.3) is 0 Å². The number of fused-ring (bicyclic) bond motifs is 1. The molecule has 0 bridgehead atoms. The highest BCUT2D eigenvalue weighted by Crippen LogP contribution is 2.21. The van der Waals surface area contributed by atoms with Gasteiger partial charge in [-0.15, -0.1) is 0 Å². The Bertz CT molecular complexity index is 615. The van der Waals surface area contributed by atoms with E-state index in [1.54, 1.807) is 0 Å². The van der Waals surface area contributed by atoms with E-state index in [1.165, 1.54) is 0 Å². The second-order valence-corrected chi connectivity index (χ2v) is 6.13. The van der Waals surface area contributed by atoms with Gasteiger partial charge in [-0.2, -0.15) is 0 Å². The third-order valence-corrected chi connectivity index (χ3v) is 4.32. The Morgan fingerprint density at radius 1 is 1.14 bits per heavy atom. The molecule has 2 N–H and O–H groups in total. The zero-order valence-electron chi connectivity index (χ0n) is 12.9. The van der Waals surface area contributed by atoms with Crippen molar-refractivity contribution >= 4 is 16.6 Å². The summed E-state index contributed by atoms with van der Waals surface area (Å²) in [6.45, 7) is 9.91. The molecule has 0 saturated carbocycles. The van der Waals surface area contributed by atoms with Crippen LogP contribution in [0.3, 0.4) is 0 Å². The van der Waals surface area contributed by atoms with E-state index in [-0.39, 0.29) is 0 Å². The minimum atomic E-state index is 0.640. The maximum absolute atomic E-state index is 6.16. The van der Waals surface area contributed by atoms with Gasteiger partial charge in [0.05, 0.1) is 11.2 Å². The number of benzene rings is 1. The molecule has 0 radical (unpaired) electrons. The minimum absolute atomic E-state index is 0.640. The highest BCUT2D eigenvalue weighted by molar-refractivity contribution is 5.90. The average Bonchev–Trinajstić information content (AvgIpc) is 2.48. The topological polar surface area (TPSA) is 45.4 Å². The standard InChI is InChI=1S/C17H24N4/c1-13(2)21-9-7-20(8-10-21)12-14-11-16(18)15-5-3-4-6-17(15)19-14/h3-6,11,13H,7-10,12H2,1-2H3,(H2,18,19). The second kappa shape index (κ2) is 6.00. The van der Waals surface area contributed by atoms with E-state index in [2.05, 4.69) is 23.6 Å². The van der Waals surface area contributed by atoms with E-state index >= 15 is 0 Å². The lowest BCUT2D eigenvalue weighted by molar-refractivity contribution is 0.103. The number of hydrogen-bond acceptors (Lipinski definition) is 4. The molecule has 0 spiro atoms. The van der Waals surface area contributed by atoms with Crippen LogP contribution in [0.5, 0.6) is 0 Å². The van der Waals surface area contributed by atoms with E-state index < -0.39 is 0 Å². The van der Waals surface area contributed by atoms with Crippen molar-refractivity contribution < 1.29 is 0 Å². The number of pyridine rings is 1. The second-order valence-electron chi connectivity index (χ2n) is 6.13. The van der Waals surface area contributed by atoms with Gasteiger partial charge in [0.2, 0.25) is 0 Å². The summed E-state index contributed by atoms with van der Waals surface area (Å²) >= 11 is 0. The van der Waals surface area contributed by atoms with Crippen LogP contribution in [0.4, 0.5) is 5.69 Å². The van der Waals surface area contributed by atoms with Gasteiger partial charge in [-0.25, -0.2) is 0 Å². The normalized spacial score (nSPS) is 17.7. The molecule has 3 rings (SSSR count). The van der Waals surface area contributed by atoms with Gasteiger partial charge in [0.15, 0.2) is 0 Å². The van der Waals surface area contributed by atoms with Crippen LogP contribution in [0.2, 0.25) is 0 Å². The summed E-state index contributed by atoms with van der Waals surface area (Å²) < 4.78 is 0. The number of nitrogens with two attached hydrogens (primary N) is 1. The highest BCUT2D eigenvalue weighted by Gasteiger charge is 2.19. The van der Waals surface area contributed by atoms with Crippen molar-refractivity contribution in [1.82, 2.24) is 14.8 Å². The highest BCUT2D eigenvalue weighted by atomic mass is 15.3. The molecule has 1 saturated heterocycles. The fourth-order valence-corrected chi connectivity index (χ4v) is 3.01. The van der Waals surface area contributed by atoms with Crippen molar-refractivity contribution in [3.63, 3.8) is 0 Å². The van der Waals surface area contributed by atoms with Crippen LogP contribution in [0.1, 0.15) is 19.5 Å². The van der Waals surface area contributed by atoms with E-state index in [1.807, 2.05) is 30.3 Å². The van der Waals surface area contributed by atoms with Crippen molar-refractivity contribution in [2.24, 2.45) is 0 Å². The first-order chi connectivity index (χ1) is 10.1. The van der Waals surface area contributed by atoms with E-state index in [9.17, 15) is 0 Å². The first-order valence-corrected chi connectivity index (χ1v) is 7.74. The molecule has 2 aromatic rings. The molecule has 0 aliphatic carbocycles. The van der Waals surface area contributed by atoms with Crippen LogP contribution in [0, 0.1) is 0 Å². The first-order valence-electron chi connectivity index (χ1n) is 7.74. The number of aromatic nitrogens is 1. The lowest BCUT2D eigenvalue weighted by Crippen LogP contribution is -2.48. The van der Waals surface area contributed by atoms with Gasteiger partial charge in [-0.05, 0) is 26.0 Å². The van der Waals surface area contributed by atoms with E-state index in [0.717, 1.165) is 55.0 Å². The van der Waals surface area contributed by atoms with E-state index in [0.29, 0.717) is 6.04 Å². The van der Waals surface area contributed by atoms with Crippen LogP contribution in [-0.2, 0) is 6.54 Å². The molecule has 0 unspecified atom stereocenters. The fourth-order valence-electron chi connectivity index (χ4n) is 3.01. The number of para-hydroxylation sites is 1. The van der Waals surface area contributed by atoms with Gasteiger partial charge >= 0.3 is 0 Å². The summed E-state index contributed by atoms with van der Waals surface area (Å²) in [6, 6.07) is 10.7. The maximum Gasteiger partial charge on any atom is 0.0726 e. The van der Waals surface area contributed by atoms with Crippen LogP contribution in [-0.4, -0.2) is 47.0 Å². The zero-order chi connectivity index (χ0) is 14.8. The molecule has 1 aromatic heterocycles. The van der Waals surface area contributed by atoms with Crippen LogP contribution in [0.15, 0.2) is 30.3 Å². The van der Waals surface area contributed by atoms with E-state index in [4.69, 9.17) is 10.7 Å². The lowest BCUT2D eigenvalue weighted by atomic mass is 10.1. The number of nitrogens with zero attached hydrogens (tertiary/aromatic N) is 3. The Morgan fingerprint density at radius 3 is 2.57 bits per heavy atom. The molecule has 1 aromatic carbocycles. The fraction of sp³-hybridized carbons (Fsp3) is 0.471. The number of anilines is 1. The Labute approximate surface area is 126 Å². The number of piperazine rings is 1. The first kappa shape index (κ1) is 14.3. The van der Waals surface area contributed by atoms with Crippen molar-refractivity contribution in [2.75, 3.05) is 31.9 Å². The summed E-state index contributed by atoms with van der Waals surface area (Å²) in [5.74, 6) is 0. The molecule has 0 amide bonds. The van der Waals surface area contributed by atoms with Crippen molar-refractivity contribution in [2.45, 2.75) is 26.4 Å².